The number of piperazine rings is 1. The minimum Gasteiger partial charge on any atom is -0.478 e. The molecule has 2 amide bonds. The van der Waals surface area contributed by atoms with Crippen LogP contribution in [0.3, 0.4) is 0 Å². The molecular formula is C15H18N2O4. The number of aromatic carboxylic acids is 1. The first-order chi connectivity index (χ1) is 9.91. The van der Waals surface area contributed by atoms with Crippen LogP contribution in [0, 0.1) is 5.92 Å². The lowest BCUT2D eigenvalue weighted by molar-refractivity contribution is -0.129. The number of carbonyl (C=O) groups is 3. The fraction of sp³-hybridized carbons (Fsp3) is 0.400. The molecule has 0 radical (unpaired) electrons. The second-order valence-electron chi connectivity index (χ2n) is 5.36. The lowest BCUT2D eigenvalue weighted by Gasteiger charge is -2.37. The number of hydrogen-bond acceptors (Lipinski definition) is 3. The topological polar surface area (TPSA) is 86.7 Å². The third-order valence-corrected chi connectivity index (χ3v) is 3.53. The maximum atomic E-state index is 12.5. The number of nitrogens with zero attached hydrogens (tertiary/aromatic N) is 1. The standard InChI is InChI=1S/C15H18N2O4/c1-9(2)12-13(18)16-7-8-17(12)14(19)10-3-5-11(6-4-10)15(20)21/h3-6,9,12H,7-8H2,1-2H3,(H,16,18)(H,20,21)/t12-/m0/s1. The number of carboxylic acid groups (broad SMARTS) is 1. The first-order valence-electron chi connectivity index (χ1n) is 6.84. The second-order valence-corrected chi connectivity index (χ2v) is 5.36. The van der Waals surface area contributed by atoms with Gasteiger partial charge in [-0.2, -0.15) is 0 Å². The minimum absolute atomic E-state index is 0.00698. The van der Waals surface area contributed by atoms with E-state index >= 15 is 0 Å². The molecule has 1 aromatic rings. The Balaban J connectivity index is 2.24. The minimum atomic E-state index is -1.04. The summed E-state index contributed by atoms with van der Waals surface area (Å²) in [5.74, 6) is -1.42. The third-order valence-electron chi connectivity index (χ3n) is 3.53. The Morgan fingerprint density at radius 1 is 1.24 bits per heavy atom. The van der Waals surface area contributed by atoms with Gasteiger partial charge in [-0.1, -0.05) is 13.8 Å². The molecule has 112 valence electrons. The van der Waals surface area contributed by atoms with E-state index in [1.165, 1.54) is 24.3 Å². The van der Waals surface area contributed by atoms with Gasteiger partial charge in [0.25, 0.3) is 5.91 Å². The summed E-state index contributed by atoms with van der Waals surface area (Å²) in [5, 5.41) is 11.6. The molecular weight excluding hydrogens is 272 g/mol. The van der Waals surface area contributed by atoms with Gasteiger partial charge in [-0.3, -0.25) is 9.59 Å². The SMILES string of the molecule is CC(C)[C@H]1C(=O)NCCN1C(=O)c1ccc(C(=O)O)cc1. The van der Waals surface area contributed by atoms with E-state index in [-0.39, 0.29) is 23.3 Å². The zero-order valence-corrected chi connectivity index (χ0v) is 12.0. The van der Waals surface area contributed by atoms with Crippen molar-refractivity contribution in [1.29, 1.82) is 0 Å². The Morgan fingerprint density at radius 2 is 1.81 bits per heavy atom. The molecule has 2 rings (SSSR count). The molecule has 6 heteroatoms. The molecule has 1 aromatic carbocycles. The van der Waals surface area contributed by atoms with Gasteiger partial charge in [-0.05, 0) is 30.2 Å². The Bertz CT molecular complexity index is 566. The molecule has 0 bridgehead atoms. The molecule has 0 aliphatic carbocycles. The molecule has 0 saturated carbocycles. The van der Waals surface area contributed by atoms with Crippen LogP contribution in [0.15, 0.2) is 24.3 Å². The van der Waals surface area contributed by atoms with Crippen molar-refractivity contribution in [2.75, 3.05) is 13.1 Å². The Morgan fingerprint density at radius 3 is 2.33 bits per heavy atom. The summed E-state index contributed by atoms with van der Waals surface area (Å²) in [7, 11) is 0. The highest BCUT2D eigenvalue weighted by Crippen LogP contribution is 2.18. The maximum absolute atomic E-state index is 12.5. The number of carboxylic acids is 1. The average molecular weight is 290 g/mol. The predicted octanol–water partition coefficient (Wildman–Crippen LogP) is 0.981. The van der Waals surface area contributed by atoms with Gasteiger partial charge < -0.3 is 15.3 Å². The first-order valence-corrected chi connectivity index (χ1v) is 6.84. The highest BCUT2D eigenvalue weighted by atomic mass is 16.4. The normalized spacial score (nSPS) is 18.5. The van der Waals surface area contributed by atoms with Crippen LogP contribution < -0.4 is 5.32 Å². The van der Waals surface area contributed by atoms with E-state index in [4.69, 9.17) is 5.11 Å². The average Bonchev–Trinajstić information content (AvgIpc) is 2.46. The maximum Gasteiger partial charge on any atom is 0.335 e. The zero-order chi connectivity index (χ0) is 15.6. The van der Waals surface area contributed by atoms with Gasteiger partial charge in [0.1, 0.15) is 6.04 Å². The van der Waals surface area contributed by atoms with E-state index < -0.39 is 12.0 Å². The summed E-state index contributed by atoms with van der Waals surface area (Å²) in [4.78, 5) is 36.9. The smallest absolute Gasteiger partial charge is 0.335 e. The van der Waals surface area contributed by atoms with Crippen LogP contribution in [-0.2, 0) is 4.79 Å². The number of nitrogens with one attached hydrogen (secondary N) is 1. The van der Waals surface area contributed by atoms with Gasteiger partial charge in [0.2, 0.25) is 5.91 Å². The van der Waals surface area contributed by atoms with Gasteiger partial charge >= 0.3 is 5.97 Å². The van der Waals surface area contributed by atoms with E-state index in [0.29, 0.717) is 18.7 Å². The zero-order valence-electron chi connectivity index (χ0n) is 12.0. The van der Waals surface area contributed by atoms with Crippen LogP contribution in [0.25, 0.3) is 0 Å². The summed E-state index contributed by atoms with van der Waals surface area (Å²) >= 11 is 0. The van der Waals surface area contributed by atoms with Crippen molar-refractivity contribution in [3.63, 3.8) is 0 Å². The summed E-state index contributed by atoms with van der Waals surface area (Å²) in [6, 6.07) is 5.25. The molecule has 0 spiro atoms. The van der Waals surface area contributed by atoms with Crippen LogP contribution in [0.1, 0.15) is 34.6 Å². The highest BCUT2D eigenvalue weighted by molar-refractivity contribution is 5.99. The van der Waals surface area contributed by atoms with Crippen LogP contribution in [0.4, 0.5) is 0 Å². The summed E-state index contributed by atoms with van der Waals surface area (Å²) < 4.78 is 0. The van der Waals surface area contributed by atoms with Crippen molar-refractivity contribution in [2.45, 2.75) is 19.9 Å². The Kier molecular flexibility index (Phi) is 4.26. The summed E-state index contributed by atoms with van der Waals surface area (Å²) in [6.45, 7) is 4.67. The largest absolute Gasteiger partial charge is 0.478 e. The van der Waals surface area contributed by atoms with Crippen LogP contribution in [-0.4, -0.2) is 46.9 Å². The monoisotopic (exact) mass is 290 g/mol. The van der Waals surface area contributed by atoms with Crippen molar-refractivity contribution in [1.82, 2.24) is 10.2 Å². The highest BCUT2D eigenvalue weighted by Gasteiger charge is 2.35. The lowest BCUT2D eigenvalue weighted by atomic mass is 9.98. The van der Waals surface area contributed by atoms with Crippen molar-refractivity contribution >= 4 is 17.8 Å². The van der Waals surface area contributed by atoms with Gasteiger partial charge in [0, 0.05) is 18.7 Å². The molecule has 2 N–H and O–H groups in total. The van der Waals surface area contributed by atoms with E-state index in [1.54, 1.807) is 4.90 Å². The van der Waals surface area contributed by atoms with Gasteiger partial charge in [0.05, 0.1) is 5.56 Å². The second kappa shape index (κ2) is 5.95. The number of carbonyl (C=O) groups excluding carboxylic acids is 2. The van der Waals surface area contributed by atoms with Gasteiger partial charge in [-0.15, -0.1) is 0 Å². The summed E-state index contributed by atoms with van der Waals surface area (Å²) in [5.41, 5.74) is 0.517. The van der Waals surface area contributed by atoms with Crippen molar-refractivity contribution in [3.8, 4) is 0 Å². The Labute approximate surface area is 122 Å². The fourth-order valence-corrected chi connectivity index (χ4v) is 2.50. The van der Waals surface area contributed by atoms with Crippen LogP contribution >= 0.6 is 0 Å². The van der Waals surface area contributed by atoms with Gasteiger partial charge in [-0.25, -0.2) is 4.79 Å². The molecule has 0 unspecified atom stereocenters. The number of amides is 2. The van der Waals surface area contributed by atoms with Crippen molar-refractivity contribution in [2.24, 2.45) is 5.92 Å². The lowest BCUT2D eigenvalue weighted by Crippen LogP contribution is -2.59. The Hall–Kier alpha value is -2.37. The quantitative estimate of drug-likeness (QED) is 0.869. The molecule has 1 fully saturated rings. The van der Waals surface area contributed by atoms with E-state index in [2.05, 4.69) is 5.32 Å². The van der Waals surface area contributed by atoms with E-state index in [1.807, 2.05) is 13.8 Å². The molecule has 1 saturated heterocycles. The molecule has 6 nitrogen and oxygen atoms in total. The molecule has 21 heavy (non-hydrogen) atoms. The molecule has 1 aliphatic rings. The number of rotatable bonds is 3. The summed E-state index contributed by atoms with van der Waals surface area (Å²) in [6.07, 6.45) is 0. The molecule has 1 heterocycles. The van der Waals surface area contributed by atoms with Crippen LogP contribution in [0.5, 0.6) is 0 Å². The first kappa shape index (κ1) is 15.0. The van der Waals surface area contributed by atoms with E-state index in [9.17, 15) is 14.4 Å². The van der Waals surface area contributed by atoms with E-state index in [0.717, 1.165) is 0 Å². The van der Waals surface area contributed by atoms with Crippen LogP contribution in [0.2, 0.25) is 0 Å². The third kappa shape index (κ3) is 3.04. The van der Waals surface area contributed by atoms with Crippen molar-refractivity contribution in [3.05, 3.63) is 35.4 Å². The number of benzene rings is 1. The molecule has 0 aromatic heterocycles. The predicted molar refractivity (Wildman–Crippen MR) is 76.1 cm³/mol. The number of hydrogen-bond donors (Lipinski definition) is 2. The van der Waals surface area contributed by atoms with Crippen molar-refractivity contribution < 1.29 is 19.5 Å². The fourth-order valence-electron chi connectivity index (χ4n) is 2.50. The molecule has 1 atom stereocenters. The molecule has 1 aliphatic heterocycles. The van der Waals surface area contributed by atoms with Gasteiger partial charge in [0.15, 0.2) is 0 Å².